The van der Waals surface area contributed by atoms with Crippen molar-refractivity contribution in [1.82, 2.24) is 0 Å². The van der Waals surface area contributed by atoms with Gasteiger partial charge in [-0.3, -0.25) is 14.4 Å². The molecule has 2 saturated carbocycles. The zero-order valence-electron chi connectivity index (χ0n) is 26.9. The molecule has 9 heteroatoms. The molecule has 3 heterocycles. The normalized spacial score (nSPS) is 45.7. The average molecular weight is 599 g/mol. The fourth-order valence-corrected chi connectivity index (χ4v) is 10.4. The first-order chi connectivity index (χ1) is 19.9. The Labute approximate surface area is 254 Å². The number of cyclic esters (lactones) is 2. The van der Waals surface area contributed by atoms with Crippen LogP contribution in [0, 0.1) is 34.0 Å². The lowest BCUT2D eigenvalue weighted by Gasteiger charge is -2.66. The van der Waals surface area contributed by atoms with Crippen LogP contribution in [0.25, 0.3) is 0 Å². The average Bonchev–Trinajstić information content (AvgIpc) is 3.18. The first kappa shape index (κ1) is 30.4. The number of hydrogen-bond acceptors (Lipinski definition) is 9. The van der Waals surface area contributed by atoms with Gasteiger partial charge < -0.3 is 23.7 Å². The molecular formula is C34H46O9. The summed E-state index contributed by atoms with van der Waals surface area (Å²) in [5.41, 5.74) is -0.988. The van der Waals surface area contributed by atoms with Crippen molar-refractivity contribution in [2.45, 2.75) is 130 Å². The van der Waals surface area contributed by atoms with E-state index in [1.165, 1.54) is 19.4 Å². The Morgan fingerprint density at radius 2 is 1.53 bits per heavy atom. The molecule has 43 heavy (non-hydrogen) atoms. The third kappa shape index (κ3) is 4.34. The zero-order chi connectivity index (χ0) is 31.5. The van der Waals surface area contributed by atoms with Crippen LogP contribution in [0.4, 0.5) is 0 Å². The summed E-state index contributed by atoms with van der Waals surface area (Å²) in [7, 11) is 0. The van der Waals surface area contributed by atoms with E-state index in [1.807, 2.05) is 33.8 Å². The Morgan fingerprint density at radius 1 is 0.907 bits per heavy atom. The van der Waals surface area contributed by atoms with Crippen molar-refractivity contribution in [2.24, 2.45) is 34.0 Å². The molecule has 6 aliphatic rings. The number of carbonyl (C=O) groups excluding carboxylic acids is 4. The molecule has 4 fully saturated rings. The van der Waals surface area contributed by atoms with Gasteiger partial charge in [-0.2, -0.15) is 0 Å². The maximum absolute atomic E-state index is 13.3. The maximum Gasteiger partial charge on any atom is 0.334 e. The van der Waals surface area contributed by atoms with Gasteiger partial charge in [-0.1, -0.05) is 32.4 Å². The van der Waals surface area contributed by atoms with E-state index >= 15 is 0 Å². The fourth-order valence-electron chi connectivity index (χ4n) is 10.4. The number of esters is 4. The summed E-state index contributed by atoms with van der Waals surface area (Å²) in [5.74, 6) is -1.91. The van der Waals surface area contributed by atoms with E-state index in [4.69, 9.17) is 23.7 Å². The van der Waals surface area contributed by atoms with Crippen molar-refractivity contribution in [1.29, 1.82) is 0 Å². The molecule has 9 nitrogen and oxygen atoms in total. The molecule has 0 N–H and O–H groups in total. The molecule has 0 bridgehead atoms. The SMILES string of the molecule is CC(=O)OC1CC2C(C)(C)OC(=O)CC(OC(C)=O)C2(C)C2CCC3(C)C(=CCC3C3=CC(C4OC4(C)C)OC3=O)C12C. The lowest BCUT2D eigenvalue weighted by atomic mass is 9.39. The predicted octanol–water partition coefficient (Wildman–Crippen LogP) is 5.00. The quantitative estimate of drug-likeness (QED) is 0.191. The van der Waals surface area contributed by atoms with Crippen LogP contribution >= 0.6 is 0 Å². The number of epoxide rings is 1. The largest absolute Gasteiger partial charge is 0.462 e. The maximum atomic E-state index is 13.3. The highest BCUT2D eigenvalue weighted by Crippen LogP contribution is 2.72. The van der Waals surface area contributed by atoms with E-state index in [-0.39, 0.29) is 53.2 Å². The number of rotatable bonds is 4. The summed E-state index contributed by atoms with van der Waals surface area (Å²) in [6.45, 7) is 17.2. The Hall–Kier alpha value is -2.68. The van der Waals surface area contributed by atoms with E-state index in [2.05, 4.69) is 26.8 Å². The molecule has 3 aliphatic heterocycles. The van der Waals surface area contributed by atoms with Gasteiger partial charge in [0.15, 0.2) is 6.10 Å². The van der Waals surface area contributed by atoms with Crippen LogP contribution in [0.15, 0.2) is 23.3 Å². The summed E-state index contributed by atoms with van der Waals surface area (Å²) in [6, 6.07) is 0. The second-order valence-corrected chi connectivity index (χ2v) is 15.5. The van der Waals surface area contributed by atoms with Gasteiger partial charge in [0.1, 0.15) is 23.9 Å². The second kappa shape index (κ2) is 9.41. The van der Waals surface area contributed by atoms with Gasteiger partial charge in [-0.05, 0) is 70.8 Å². The highest BCUT2D eigenvalue weighted by molar-refractivity contribution is 5.92. The summed E-state index contributed by atoms with van der Waals surface area (Å²) < 4.78 is 29.8. The summed E-state index contributed by atoms with van der Waals surface area (Å²) in [6.07, 6.45) is 5.10. The van der Waals surface area contributed by atoms with E-state index in [9.17, 15) is 19.2 Å². The molecule has 0 amide bonds. The number of allylic oxidation sites excluding steroid dienone is 1. The van der Waals surface area contributed by atoms with Gasteiger partial charge in [0.2, 0.25) is 0 Å². The van der Waals surface area contributed by atoms with Gasteiger partial charge in [0, 0.05) is 42.1 Å². The summed E-state index contributed by atoms with van der Waals surface area (Å²) in [5, 5.41) is 0. The molecule has 3 aliphatic carbocycles. The summed E-state index contributed by atoms with van der Waals surface area (Å²) >= 11 is 0. The van der Waals surface area contributed by atoms with Crippen LogP contribution in [0.2, 0.25) is 0 Å². The Morgan fingerprint density at radius 3 is 2.14 bits per heavy atom. The van der Waals surface area contributed by atoms with Crippen molar-refractivity contribution >= 4 is 23.9 Å². The van der Waals surface area contributed by atoms with E-state index < -0.39 is 46.7 Å². The predicted molar refractivity (Wildman–Crippen MR) is 154 cm³/mol. The number of carbonyl (C=O) groups is 4. The third-order valence-corrected chi connectivity index (χ3v) is 12.3. The lowest BCUT2D eigenvalue weighted by molar-refractivity contribution is -0.226. The van der Waals surface area contributed by atoms with Crippen LogP contribution in [-0.2, 0) is 42.9 Å². The molecule has 2 saturated heterocycles. The first-order valence-corrected chi connectivity index (χ1v) is 15.7. The minimum atomic E-state index is -0.875. The molecule has 0 aromatic rings. The van der Waals surface area contributed by atoms with Crippen molar-refractivity contribution in [3.8, 4) is 0 Å². The van der Waals surface area contributed by atoms with Crippen molar-refractivity contribution in [2.75, 3.05) is 0 Å². The first-order valence-electron chi connectivity index (χ1n) is 15.7. The highest BCUT2D eigenvalue weighted by atomic mass is 16.6. The third-order valence-electron chi connectivity index (χ3n) is 12.3. The Bertz CT molecular complexity index is 1340. The lowest BCUT2D eigenvalue weighted by Crippen LogP contribution is -2.67. The van der Waals surface area contributed by atoms with Crippen molar-refractivity contribution in [3.63, 3.8) is 0 Å². The molecule has 0 aromatic carbocycles. The van der Waals surface area contributed by atoms with Crippen molar-refractivity contribution in [3.05, 3.63) is 23.3 Å². The second-order valence-electron chi connectivity index (χ2n) is 15.5. The monoisotopic (exact) mass is 598 g/mol. The number of fused-ring (bicyclic) bond motifs is 5. The van der Waals surface area contributed by atoms with Crippen LogP contribution in [0.5, 0.6) is 0 Å². The van der Waals surface area contributed by atoms with Crippen LogP contribution in [-0.4, -0.2) is 59.5 Å². The zero-order valence-corrected chi connectivity index (χ0v) is 26.9. The topological polar surface area (TPSA) is 118 Å². The van der Waals surface area contributed by atoms with Crippen LogP contribution < -0.4 is 0 Å². The molecule has 0 spiro atoms. The van der Waals surface area contributed by atoms with Crippen molar-refractivity contribution < 1.29 is 42.9 Å². The molecule has 10 atom stereocenters. The van der Waals surface area contributed by atoms with Gasteiger partial charge in [-0.25, -0.2) is 4.79 Å². The van der Waals surface area contributed by atoms with Gasteiger partial charge >= 0.3 is 23.9 Å². The smallest absolute Gasteiger partial charge is 0.334 e. The fraction of sp³-hybridized carbons (Fsp3) is 0.765. The van der Waals surface area contributed by atoms with Crippen LogP contribution in [0.3, 0.4) is 0 Å². The standard InChI is InChI=1S/C34H46O9/c1-17(35)39-25-15-24-30(3,4)42-27(37)16-26(40-18(2)36)34(24,9)23-12-13-32(7)20(10-11-22(32)33(23,25)8)19-14-21(41-29(19)38)28-31(5,6)43-28/h11,14,20-21,23-26,28H,10,12-13,15-16H2,1-9H3. The molecule has 6 rings (SSSR count). The molecular weight excluding hydrogens is 552 g/mol. The summed E-state index contributed by atoms with van der Waals surface area (Å²) in [4.78, 5) is 51.4. The number of ether oxygens (including phenoxy) is 5. The Balaban J connectivity index is 1.44. The van der Waals surface area contributed by atoms with E-state index in [0.29, 0.717) is 18.4 Å². The van der Waals surface area contributed by atoms with E-state index in [0.717, 1.165) is 12.8 Å². The molecule has 0 radical (unpaired) electrons. The highest BCUT2D eigenvalue weighted by Gasteiger charge is 2.72. The van der Waals surface area contributed by atoms with Gasteiger partial charge in [0.05, 0.1) is 12.0 Å². The van der Waals surface area contributed by atoms with Crippen LogP contribution in [0.1, 0.15) is 94.4 Å². The minimum Gasteiger partial charge on any atom is -0.462 e. The molecule has 236 valence electrons. The van der Waals surface area contributed by atoms with Gasteiger partial charge in [0.25, 0.3) is 0 Å². The van der Waals surface area contributed by atoms with E-state index in [1.54, 1.807) is 0 Å². The minimum absolute atomic E-state index is 0.0283. The Kier molecular flexibility index (Phi) is 6.64. The number of hydrogen-bond donors (Lipinski definition) is 0. The molecule has 10 unspecified atom stereocenters. The molecule has 0 aromatic heterocycles. The van der Waals surface area contributed by atoms with Gasteiger partial charge in [-0.15, -0.1) is 0 Å².